The zero-order chi connectivity index (χ0) is 49.1. The van der Waals surface area contributed by atoms with Crippen molar-refractivity contribution in [1.82, 2.24) is 9.55 Å². The van der Waals surface area contributed by atoms with E-state index in [0.29, 0.717) is 70.3 Å². The van der Waals surface area contributed by atoms with Crippen LogP contribution in [-0.2, 0) is 28.8 Å². The number of carbonyl (C=O) groups excluding carboxylic acids is 4. The van der Waals surface area contributed by atoms with E-state index in [1.54, 1.807) is 41.4 Å². The molecule has 0 radical (unpaired) electrons. The van der Waals surface area contributed by atoms with Gasteiger partial charge in [-0.3, -0.25) is 9.36 Å². The number of nitrogens with two attached hydrogens (primary N) is 1. The number of aromatic amines is 1. The van der Waals surface area contributed by atoms with Crippen LogP contribution in [0.4, 0.5) is 11.5 Å². The molecule has 4 aromatic rings. The first-order valence-corrected chi connectivity index (χ1v) is 20.6. The second-order valence-corrected chi connectivity index (χ2v) is 15.4. The fourth-order valence-electron chi connectivity index (χ4n) is 7.08. The minimum Gasteiger partial charge on any atom is -0.545 e. The number of H-pyrrole nitrogens is 1. The van der Waals surface area contributed by atoms with Crippen molar-refractivity contribution in [1.29, 1.82) is 0 Å². The predicted molar refractivity (Wildman–Crippen MR) is 231 cm³/mol. The largest absolute Gasteiger partial charge is 0.545 e. The molecule has 0 atom stereocenters. The van der Waals surface area contributed by atoms with E-state index in [0.717, 1.165) is 41.0 Å². The third-order valence-electron chi connectivity index (χ3n) is 10.1. The number of ether oxygens (including phenoxy) is 1. The summed E-state index contributed by atoms with van der Waals surface area (Å²) in [6.07, 6.45) is 11.4. The Bertz CT molecular complexity index is 2360. The monoisotopic (exact) mass is 955 g/mol. The first-order valence-electron chi connectivity index (χ1n) is 19.8. The Hall–Kier alpha value is -7.33. The highest BCUT2D eigenvalue weighted by molar-refractivity contribution is 6.37. The number of nitrogens with zero attached hydrogens (tertiary/aromatic N) is 2. The SMILES string of the molecule is COc1cc(-c2cn(C3CCC([NH+]4CC[NH+](C)CC4)CC3)c3[nH+]cnc(N)c23)ccc1NC(=O)c1ccc(Cl)cc1Cl.O=C([O-])/C=C\C(=O)O.O=C([O-])/C=C\C(=O)O.O=C([O-])/C=C\C(=O)O. The molecule has 0 bridgehead atoms. The minimum absolute atomic E-state index is 0.280. The van der Waals surface area contributed by atoms with Crippen LogP contribution in [0.1, 0.15) is 42.1 Å². The number of benzene rings is 2. The number of fused-ring (bicyclic) bond motifs is 1. The fraction of sp³-hybridized carbons (Fsp3) is 0.279. The summed E-state index contributed by atoms with van der Waals surface area (Å²) in [4.78, 5) is 81.1. The summed E-state index contributed by atoms with van der Waals surface area (Å²) in [5.41, 5.74) is 10.2. The number of rotatable bonds is 12. The van der Waals surface area contributed by atoms with E-state index in [1.807, 2.05) is 18.2 Å². The topological polar surface area (TPSA) is 337 Å². The zero-order valence-corrected chi connectivity index (χ0v) is 37.0. The van der Waals surface area contributed by atoms with Crippen LogP contribution >= 0.6 is 23.2 Å². The van der Waals surface area contributed by atoms with Gasteiger partial charge >= 0.3 is 17.9 Å². The smallest absolute Gasteiger partial charge is 0.328 e. The van der Waals surface area contributed by atoms with Crippen molar-refractivity contribution in [2.24, 2.45) is 0 Å². The number of carbonyl (C=O) groups is 7. The van der Waals surface area contributed by atoms with Gasteiger partial charge in [-0.15, -0.1) is 0 Å². The van der Waals surface area contributed by atoms with Crippen LogP contribution in [0.2, 0.25) is 10.0 Å². The number of carboxylic acid groups (broad SMARTS) is 6. The average Bonchev–Trinajstić information content (AvgIpc) is 3.66. The van der Waals surface area contributed by atoms with Crippen LogP contribution < -0.4 is 45.9 Å². The number of nitrogen functional groups attached to an aromatic ring is 1. The van der Waals surface area contributed by atoms with Crippen molar-refractivity contribution in [3.8, 4) is 16.9 Å². The number of anilines is 2. The van der Waals surface area contributed by atoms with Crippen LogP contribution in [0, 0.1) is 0 Å². The molecule has 2 aromatic carbocycles. The highest BCUT2D eigenvalue weighted by Crippen LogP contribution is 2.39. The number of quaternary nitrogens is 2. The number of hydrogen-bond acceptors (Lipinski definition) is 13. The number of halogens is 2. The van der Waals surface area contributed by atoms with Gasteiger partial charge in [0.25, 0.3) is 5.91 Å². The summed E-state index contributed by atoms with van der Waals surface area (Å²) < 4.78 is 8.06. The van der Waals surface area contributed by atoms with Gasteiger partial charge in [0, 0.05) is 41.7 Å². The van der Waals surface area contributed by atoms with Crippen molar-refractivity contribution in [3.05, 3.63) is 101 Å². The molecule has 352 valence electrons. The van der Waals surface area contributed by atoms with Crippen LogP contribution in [0.3, 0.4) is 0 Å². The molecule has 1 amide bonds. The standard InChI is InChI=1S/C31H35Cl2N7O2.3C4H4O4/c1-38-11-13-39(14-12-38)21-5-7-22(8-6-21)40-17-24(28-29(34)35-18-36-30(28)40)19-3-10-26(27(15-19)42-2)37-31(41)23-9-4-20(32)16-25(23)33;3*5-3(6)1-2-4(7)8/h3-4,9-10,15-18,21-22H,5-8,11-14H2,1-2H3,(H,37,41)(H2,34,35,36);3*1-2H,(H,5,6)(H,7,8)/b;3*2-1-. The Morgan fingerprint density at radius 3 is 1.83 bits per heavy atom. The van der Waals surface area contributed by atoms with Crippen LogP contribution in [-0.4, -0.2) is 113 Å². The molecule has 23 heteroatoms. The highest BCUT2D eigenvalue weighted by atomic mass is 35.5. The molecule has 6 rings (SSSR count). The number of nitrogens with one attached hydrogen (secondary N) is 4. The number of methoxy groups -OCH3 is 1. The maximum atomic E-state index is 13.0. The van der Waals surface area contributed by atoms with Gasteiger partial charge in [0.05, 0.1) is 66.6 Å². The Morgan fingerprint density at radius 1 is 0.818 bits per heavy atom. The van der Waals surface area contributed by atoms with Gasteiger partial charge in [0.1, 0.15) is 37.3 Å². The molecule has 1 aliphatic carbocycles. The molecular weight excluding hydrogens is 909 g/mol. The van der Waals surface area contributed by atoms with Gasteiger partial charge in [0.2, 0.25) is 17.8 Å². The molecule has 0 spiro atoms. The molecule has 1 aliphatic heterocycles. The van der Waals surface area contributed by atoms with Crippen LogP contribution in [0.5, 0.6) is 5.75 Å². The molecule has 0 unspecified atom stereocenters. The normalized spacial score (nSPS) is 17.9. The minimum atomic E-state index is -1.51. The first-order chi connectivity index (χ1) is 31.2. The van der Waals surface area contributed by atoms with Gasteiger partial charge in [-0.2, -0.15) is 0 Å². The summed E-state index contributed by atoms with van der Waals surface area (Å²) in [6, 6.07) is 11.6. The van der Waals surface area contributed by atoms with Gasteiger partial charge in [0.15, 0.2) is 0 Å². The Morgan fingerprint density at radius 2 is 1.36 bits per heavy atom. The van der Waals surface area contributed by atoms with Gasteiger partial charge < -0.3 is 70.6 Å². The molecule has 3 heterocycles. The van der Waals surface area contributed by atoms with Gasteiger partial charge in [-0.05, 0) is 67.0 Å². The second kappa shape index (κ2) is 25.8. The van der Waals surface area contributed by atoms with E-state index in [2.05, 4.69) is 33.1 Å². The number of hydrogen-bond donors (Lipinski definition) is 7. The lowest BCUT2D eigenvalue weighted by atomic mass is 9.89. The number of piperazine rings is 1. The van der Waals surface area contributed by atoms with Crippen molar-refractivity contribution >= 4 is 87.5 Å². The quantitative estimate of drug-likeness (QED) is 0.0734. The molecule has 1 saturated heterocycles. The number of amides is 1. The van der Waals surface area contributed by atoms with E-state index in [4.69, 9.17) is 49.0 Å². The Kier molecular flexibility index (Phi) is 20.8. The maximum absolute atomic E-state index is 13.0. The van der Waals surface area contributed by atoms with Crippen LogP contribution in [0.15, 0.2) is 85.4 Å². The molecule has 21 nitrogen and oxygen atoms in total. The summed E-state index contributed by atoms with van der Waals surface area (Å²) in [7, 11) is 3.88. The summed E-state index contributed by atoms with van der Waals surface area (Å²) >= 11 is 12.3. The maximum Gasteiger partial charge on any atom is 0.328 e. The fourth-order valence-corrected chi connectivity index (χ4v) is 7.57. The molecule has 66 heavy (non-hydrogen) atoms. The predicted octanol–water partition coefficient (Wildman–Crippen LogP) is -2.30. The molecule has 9 N–H and O–H groups in total. The number of likely N-dealkylation sites (N-methyl/N-ethyl adjacent to an activating group) is 1. The molecule has 2 aliphatic rings. The van der Waals surface area contributed by atoms with Crippen molar-refractivity contribution in [3.63, 3.8) is 0 Å². The van der Waals surface area contributed by atoms with Gasteiger partial charge in [-0.1, -0.05) is 34.3 Å². The van der Waals surface area contributed by atoms with E-state index in [9.17, 15) is 48.9 Å². The summed E-state index contributed by atoms with van der Waals surface area (Å²) in [5, 5.41) is 56.2. The van der Waals surface area contributed by atoms with E-state index in [1.165, 1.54) is 39.0 Å². The van der Waals surface area contributed by atoms with Crippen LogP contribution in [0.25, 0.3) is 22.2 Å². The van der Waals surface area contributed by atoms with E-state index in [-0.39, 0.29) is 10.9 Å². The Balaban J connectivity index is 0.000000394. The Labute approximate surface area is 386 Å². The number of carboxylic acids is 6. The van der Waals surface area contributed by atoms with E-state index < -0.39 is 35.8 Å². The van der Waals surface area contributed by atoms with Crippen molar-refractivity contribution in [2.45, 2.75) is 37.8 Å². The van der Waals surface area contributed by atoms with Gasteiger partial charge in [-0.25, -0.2) is 19.4 Å². The molecular formula is C43H47Cl2N7O14. The zero-order valence-electron chi connectivity index (χ0n) is 35.5. The third kappa shape index (κ3) is 17.0. The lowest BCUT2D eigenvalue weighted by Gasteiger charge is -2.36. The van der Waals surface area contributed by atoms with E-state index >= 15 is 0 Å². The molecule has 2 aromatic heterocycles. The van der Waals surface area contributed by atoms with Crippen molar-refractivity contribution < 1.29 is 83.7 Å². The molecule has 2 fully saturated rings. The molecule has 1 saturated carbocycles. The summed E-state index contributed by atoms with van der Waals surface area (Å²) in [6.45, 7) is 5.09. The number of aromatic nitrogens is 3. The third-order valence-corrected chi connectivity index (χ3v) is 10.7. The summed E-state index contributed by atoms with van der Waals surface area (Å²) in [5.74, 6) is -7.76. The lowest BCUT2D eigenvalue weighted by Crippen LogP contribution is -3.28. The number of aliphatic carboxylic acids is 6. The van der Waals surface area contributed by atoms with Crippen molar-refractivity contribution in [2.75, 3.05) is 51.4 Å². The second-order valence-electron chi connectivity index (χ2n) is 14.5. The highest BCUT2D eigenvalue weighted by Gasteiger charge is 2.35. The lowest BCUT2D eigenvalue weighted by molar-refractivity contribution is -1.02. The average molecular weight is 957 g/mol. The first kappa shape index (κ1) is 53.0.